The molecular formula is C19H24N2O. The van der Waals surface area contributed by atoms with Gasteiger partial charge in [0.25, 0.3) is 0 Å². The SMILES string of the molecule is CC(N)CCC(=O)N1CCCC1c1cccc2ccccc12. The van der Waals surface area contributed by atoms with E-state index in [9.17, 15) is 4.79 Å². The zero-order valence-electron chi connectivity index (χ0n) is 13.2. The lowest BCUT2D eigenvalue weighted by molar-refractivity contribution is -0.132. The number of hydrogen-bond donors (Lipinski definition) is 1. The zero-order chi connectivity index (χ0) is 15.5. The highest BCUT2D eigenvalue weighted by Gasteiger charge is 2.30. The quantitative estimate of drug-likeness (QED) is 0.936. The molecule has 1 fully saturated rings. The molecule has 1 saturated heterocycles. The van der Waals surface area contributed by atoms with Crippen LogP contribution in [-0.4, -0.2) is 23.4 Å². The Morgan fingerprint density at radius 2 is 2.05 bits per heavy atom. The third-order valence-electron chi connectivity index (χ3n) is 4.57. The number of nitrogens with zero attached hydrogens (tertiary/aromatic N) is 1. The smallest absolute Gasteiger partial charge is 0.223 e. The number of rotatable bonds is 4. The molecule has 0 aliphatic carbocycles. The van der Waals surface area contributed by atoms with E-state index in [1.54, 1.807) is 0 Å². The summed E-state index contributed by atoms with van der Waals surface area (Å²) in [4.78, 5) is 14.6. The van der Waals surface area contributed by atoms with E-state index in [1.165, 1.54) is 16.3 Å². The fraction of sp³-hybridized carbons (Fsp3) is 0.421. The molecule has 3 rings (SSSR count). The summed E-state index contributed by atoms with van der Waals surface area (Å²) in [5, 5.41) is 2.51. The standard InChI is InChI=1S/C19H24N2O/c1-14(20)11-12-19(22)21-13-5-10-18(21)17-9-4-7-15-6-2-3-8-16(15)17/h2-4,6-9,14,18H,5,10-13,20H2,1H3. The van der Waals surface area contributed by atoms with E-state index in [0.29, 0.717) is 6.42 Å². The maximum atomic E-state index is 12.5. The van der Waals surface area contributed by atoms with Crippen LogP contribution in [0, 0.1) is 0 Å². The summed E-state index contributed by atoms with van der Waals surface area (Å²) in [5.41, 5.74) is 7.07. The minimum atomic E-state index is 0.0857. The Balaban J connectivity index is 1.87. The Labute approximate surface area is 132 Å². The van der Waals surface area contributed by atoms with E-state index in [2.05, 4.69) is 47.4 Å². The Hall–Kier alpha value is -1.87. The number of hydrogen-bond acceptors (Lipinski definition) is 2. The lowest BCUT2D eigenvalue weighted by Gasteiger charge is -2.26. The first-order chi connectivity index (χ1) is 10.7. The molecule has 0 radical (unpaired) electrons. The summed E-state index contributed by atoms with van der Waals surface area (Å²) in [6, 6.07) is 15.1. The van der Waals surface area contributed by atoms with E-state index in [-0.39, 0.29) is 18.0 Å². The highest BCUT2D eigenvalue weighted by molar-refractivity contribution is 5.87. The molecular weight excluding hydrogens is 272 g/mol. The van der Waals surface area contributed by atoms with Gasteiger partial charge in [0.05, 0.1) is 6.04 Å². The van der Waals surface area contributed by atoms with E-state index in [4.69, 9.17) is 5.73 Å². The predicted molar refractivity (Wildman–Crippen MR) is 90.5 cm³/mol. The molecule has 22 heavy (non-hydrogen) atoms. The number of carbonyl (C=O) groups is 1. The second kappa shape index (κ2) is 6.49. The first-order valence-corrected chi connectivity index (χ1v) is 8.19. The van der Waals surface area contributed by atoms with Crippen LogP contribution in [-0.2, 0) is 4.79 Å². The largest absolute Gasteiger partial charge is 0.336 e. The van der Waals surface area contributed by atoms with Crippen LogP contribution in [0.1, 0.15) is 44.2 Å². The average Bonchev–Trinajstić information content (AvgIpc) is 3.01. The number of likely N-dealkylation sites (tertiary alicyclic amines) is 1. The van der Waals surface area contributed by atoms with E-state index in [0.717, 1.165) is 25.8 Å². The Morgan fingerprint density at radius 1 is 1.27 bits per heavy atom. The number of nitrogens with two attached hydrogens (primary N) is 1. The summed E-state index contributed by atoms with van der Waals surface area (Å²) in [6.07, 6.45) is 3.45. The fourth-order valence-corrected chi connectivity index (χ4v) is 3.42. The molecule has 116 valence electrons. The normalized spacial score (nSPS) is 19.5. The third kappa shape index (κ3) is 3.00. The van der Waals surface area contributed by atoms with Crippen molar-refractivity contribution in [1.82, 2.24) is 4.90 Å². The van der Waals surface area contributed by atoms with Gasteiger partial charge in [-0.1, -0.05) is 42.5 Å². The molecule has 0 spiro atoms. The van der Waals surface area contributed by atoms with E-state index in [1.807, 2.05) is 6.92 Å². The van der Waals surface area contributed by atoms with Crippen molar-refractivity contribution in [2.45, 2.75) is 44.7 Å². The average molecular weight is 296 g/mol. The van der Waals surface area contributed by atoms with Gasteiger partial charge in [0.2, 0.25) is 5.91 Å². The fourth-order valence-electron chi connectivity index (χ4n) is 3.42. The van der Waals surface area contributed by atoms with Gasteiger partial charge in [0.1, 0.15) is 0 Å². The van der Waals surface area contributed by atoms with Crippen LogP contribution in [0.25, 0.3) is 10.8 Å². The van der Waals surface area contributed by atoms with Crippen molar-refractivity contribution in [3.8, 4) is 0 Å². The molecule has 1 amide bonds. The summed E-state index contributed by atoms with van der Waals surface area (Å²) >= 11 is 0. The first kappa shape index (κ1) is 15.0. The van der Waals surface area contributed by atoms with Gasteiger partial charge in [-0.3, -0.25) is 4.79 Å². The van der Waals surface area contributed by atoms with Crippen LogP contribution in [0.5, 0.6) is 0 Å². The van der Waals surface area contributed by atoms with Crippen LogP contribution in [0.2, 0.25) is 0 Å². The summed E-state index contributed by atoms with van der Waals surface area (Å²) in [6.45, 7) is 2.82. The molecule has 0 saturated carbocycles. The Morgan fingerprint density at radius 3 is 2.86 bits per heavy atom. The van der Waals surface area contributed by atoms with Crippen molar-refractivity contribution < 1.29 is 4.79 Å². The molecule has 2 atom stereocenters. The number of amides is 1. The van der Waals surface area contributed by atoms with Gasteiger partial charge in [-0.25, -0.2) is 0 Å². The lowest BCUT2D eigenvalue weighted by atomic mass is 9.97. The Bertz CT molecular complexity index is 660. The highest BCUT2D eigenvalue weighted by atomic mass is 16.2. The molecule has 2 aromatic rings. The molecule has 1 heterocycles. The molecule has 3 nitrogen and oxygen atoms in total. The minimum Gasteiger partial charge on any atom is -0.336 e. The van der Waals surface area contributed by atoms with Crippen LogP contribution in [0.4, 0.5) is 0 Å². The van der Waals surface area contributed by atoms with Crippen LogP contribution < -0.4 is 5.73 Å². The summed E-state index contributed by atoms with van der Waals surface area (Å²) in [7, 11) is 0. The molecule has 1 aliphatic heterocycles. The van der Waals surface area contributed by atoms with Crippen molar-refractivity contribution >= 4 is 16.7 Å². The van der Waals surface area contributed by atoms with Gasteiger partial charge >= 0.3 is 0 Å². The lowest BCUT2D eigenvalue weighted by Crippen LogP contribution is -2.31. The zero-order valence-corrected chi connectivity index (χ0v) is 13.2. The Kier molecular flexibility index (Phi) is 4.44. The van der Waals surface area contributed by atoms with Gasteiger partial charge in [0.15, 0.2) is 0 Å². The molecule has 0 aromatic heterocycles. The van der Waals surface area contributed by atoms with Crippen molar-refractivity contribution in [3.63, 3.8) is 0 Å². The van der Waals surface area contributed by atoms with Crippen LogP contribution in [0.3, 0.4) is 0 Å². The van der Waals surface area contributed by atoms with Gasteiger partial charge in [-0.15, -0.1) is 0 Å². The number of fused-ring (bicyclic) bond motifs is 1. The van der Waals surface area contributed by atoms with Crippen molar-refractivity contribution in [2.75, 3.05) is 6.54 Å². The summed E-state index contributed by atoms with van der Waals surface area (Å²) < 4.78 is 0. The van der Waals surface area contributed by atoms with Crippen LogP contribution in [0.15, 0.2) is 42.5 Å². The highest BCUT2D eigenvalue weighted by Crippen LogP contribution is 2.36. The van der Waals surface area contributed by atoms with Crippen molar-refractivity contribution in [2.24, 2.45) is 5.73 Å². The van der Waals surface area contributed by atoms with Crippen LogP contribution >= 0.6 is 0 Å². The maximum absolute atomic E-state index is 12.5. The summed E-state index contributed by atoms with van der Waals surface area (Å²) in [5.74, 6) is 0.243. The van der Waals surface area contributed by atoms with Crippen molar-refractivity contribution in [3.05, 3.63) is 48.0 Å². The monoisotopic (exact) mass is 296 g/mol. The maximum Gasteiger partial charge on any atom is 0.223 e. The first-order valence-electron chi connectivity index (χ1n) is 8.19. The molecule has 2 N–H and O–H groups in total. The van der Waals surface area contributed by atoms with Gasteiger partial charge in [-0.05, 0) is 42.5 Å². The number of benzene rings is 2. The van der Waals surface area contributed by atoms with E-state index >= 15 is 0 Å². The van der Waals surface area contributed by atoms with Gasteiger partial charge in [0, 0.05) is 19.0 Å². The number of carbonyl (C=O) groups excluding carboxylic acids is 1. The van der Waals surface area contributed by atoms with Crippen molar-refractivity contribution in [1.29, 1.82) is 0 Å². The molecule has 3 heteroatoms. The molecule has 0 bridgehead atoms. The molecule has 2 aromatic carbocycles. The van der Waals surface area contributed by atoms with E-state index < -0.39 is 0 Å². The third-order valence-corrected chi connectivity index (χ3v) is 4.57. The topological polar surface area (TPSA) is 46.3 Å². The molecule has 1 aliphatic rings. The second-order valence-electron chi connectivity index (χ2n) is 6.33. The van der Waals surface area contributed by atoms with Gasteiger partial charge < -0.3 is 10.6 Å². The van der Waals surface area contributed by atoms with Gasteiger partial charge in [-0.2, -0.15) is 0 Å². The molecule has 2 unspecified atom stereocenters. The minimum absolute atomic E-state index is 0.0857. The predicted octanol–water partition coefficient (Wildman–Crippen LogP) is 3.63. The second-order valence-corrected chi connectivity index (χ2v) is 6.33.